The first-order valence-corrected chi connectivity index (χ1v) is 8.83. The van der Waals surface area contributed by atoms with E-state index >= 15 is 0 Å². The minimum absolute atomic E-state index is 0.168. The number of para-hydroxylation sites is 1. The largest absolute Gasteiger partial charge is 0.368 e. The third-order valence-corrected chi connectivity index (χ3v) is 4.78. The van der Waals surface area contributed by atoms with E-state index < -0.39 is 0 Å². The number of benzene rings is 1. The van der Waals surface area contributed by atoms with Crippen molar-refractivity contribution >= 4 is 11.6 Å². The number of aromatic nitrogens is 2. The van der Waals surface area contributed by atoms with Gasteiger partial charge < -0.3 is 15.1 Å². The predicted molar refractivity (Wildman–Crippen MR) is 99.4 cm³/mol. The fourth-order valence-corrected chi connectivity index (χ4v) is 3.39. The van der Waals surface area contributed by atoms with Crippen LogP contribution in [0.5, 0.6) is 0 Å². The summed E-state index contributed by atoms with van der Waals surface area (Å²) < 4.78 is 1.93. The molecule has 0 unspecified atom stereocenters. The molecule has 1 aliphatic rings. The molecular weight excluding hydrogens is 314 g/mol. The smallest absolute Gasteiger partial charge is 0.219 e. The minimum atomic E-state index is 0.168. The predicted octanol–water partition coefficient (Wildman–Crippen LogP) is 1.69. The monoisotopic (exact) mass is 341 g/mol. The summed E-state index contributed by atoms with van der Waals surface area (Å²) in [4.78, 5) is 15.8. The van der Waals surface area contributed by atoms with E-state index in [9.17, 15) is 4.79 Å². The fourth-order valence-electron chi connectivity index (χ4n) is 3.39. The standard InChI is InChI=1S/C19H27N5O/c1-15-12-18(22(3)21-15)14-20-13-17-6-4-5-7-19(17)24-10-8-23(9-11-24)16(2)25/h4-7,12,20H,8-11,13-14H2,1-3H3. The van der Waals surface area contributed by atoms with E-state index in [2.05, 4.69) is 45.6 Å². The lowest BCUT2D eigenvalue weighted by molar-refractivity contribution is -0.129. The fraction of sp³-hybridized carbons (Fsp3) is 0.474. The molecule has 1 amide bonds. The van der Waals surface area contributed by atoms with Gasteiger partial charge in [-0.1, -0.05) is 18.2 Å². The number of piperazine rings is 1. The van der Waals surface area contributed by atoms with Gasteiger partial charge in [0.15, 0.2) is 0 Å². The van der Waals surface area contributed by atoms with Gasteiger partial charge in [0, 0.05) is 58.9 Å². The summed E-state index contributed by atoms with van der Waals surface area (Å²) in [6.07, 6.45) is 0. The Bertz CT molecular complexity index is 731. The molecule has 2 heterocycles. The number of nitrogens with one attached hydrogen (secondary N) is 1. The van der Waals surface area contributed by atoms with Crippen LogP contribution >= 0.6 is 0 Å². The highest BCUT2D eigenvalue weighted by Crippen LogP contribution is 2.22. The molecule has 0 bridgehead atoms. The Kier molecular flexibility index (Phi) is 5.38. The molecule has 2 aromatic rings. The summed E-state index contributed by atoms with van der Waals surface area (Å²) >= 11 is 0. The van der Waals surface area contributed by atoms with E-state index in [1.54, 1.807) is 6.92 Å². The van der Waals surface area contributed by atoms with Crippen LogP contribution in [0.2, 0.25) is 0 Å². The summed E-state index contributed by atoms with van der Waals surface area (Å²) in [5.41, 5.74) is 4.78. The molecule has 0 radical (unpaired) electrons. The number of anilines is 1. The van der Waals surface area contributed by atoms with Crippen LogP contribution in [0.1, 0.15) is 23.9 Å². The van der Waals surface area contributed by atoms with Gasteiger partial charge in [-0.05, 0) is 24.6 Å². The molecule has 3 rings (SSSR count). The quantitative estimate of drug-likeness (QED) is 0.899. The summed E-state index contributed by atoms with van der Waals surface area (Å²) in [6.45, 7) is 8.64. The van der Waals surface area contributed by atoms with Crippen molar-refractivity contribution in [3.05, 3.63) is 47.3 Å². The van der Waals surface area contributed by atoms with Crippen LogP contribution in [0.15, 0.2) is 30.3 Å². The molecule has 1 aromatic heterocycles. The molecule has 6 nitrogen and oxygen atoms in total. The Hall–Kier alpha value is -2.34. The SMILES string of the molecule is CC(=O)N1CCN(c2ccccc2CNCc2cc(C)nn2C)CC1. The number of aryl methyl sites for hydroxylation is 2. The van der Waals surface area contributed by atoms with Crippen LogP contribution in [0.4, 0.5) is 5.69 Å². The topological polar surface area (TPSA) is 53.4 Å². The number of hydrogen-bond donors (Lipinski definition) is 1. The average molecular weight is 341 g/mol. The summed E-state index contributed by atoms with van der Waals surface area (Å²) in [6, 6.07) is 10.6. The van der Waals surface area contributed by atoms with Crippen molar-refractivity contribution in [2.24, 2.45) is 7.05 Å². The average Bonchev–Trinajstić information content (AvgIpc) is 2.93. The highest BCUT2D eigenvalue weighted by atomic mass is 16.2. The molecule has 0 atom stereocenters. The number of hydrogen-bond acceptors (Lipinski definition) is 4. The molecule has 0 aliphatic carbocycles. The first kappa shape index (κ1) is 17.5. The second kappa shape index (κ2) is 7.70. The molecule has 1 fully saturated rings. The van der Waals surface area contributed by atoms with Gasteiger partial charge in [-0.25, -0.2) is 0 Å². The van der Waals surface area contributed by atoms with E-state index in [-0.39, 0.29) is 5.91 Å². The zero-order valence-corrected chi connectivity index (χ0v) is 15.3. The Morgan fingerprint density at radius 3 is 2.52 bits per heavy atom. The lowest BCUT2D eigenvalue weighted by Gasteiger charge is -2.36. The van der Waals surface area contributed by atoms with Crippen molar-refractivity contribution in [2.45, 2.75) is 26.9 Å². The highest BCUT2D eigenvalue weighted by molar-refractivity contribution is 5.73. The maximum atomic E-state index is 11.5. The number of carbonyl (C=O) groups excluding carboxylic acids is 1. The number of nitrogens with zero attached hydrogens (tertiary/aromatic N) is 4. The summed E-state index contributed by atoms with van der Waals surface area (Å²) in [7, 11) is 1.98. The minimum Gasteiger partial charge on any atom is -0.368 e. The van der Waals surface area contributed by atoms with E-state index in [0.29, 0.717) is 0 Å². The van der Waals surface area contributed by atoms with Crippen molar-refractivity contribution in [2.75, 3.05) is 31.1 Å². The number of carbonyl (C=O) groups is 1. The summed E-state index contributed by atoms with van der Waals surface area (Å²) in [5.74, 6) is 0.168. The molecule has 6 heteroatoms. The Balaban J connectivity index is 1.61. The van der Waals surface area contributed by atoms with E-state index in [1.165, 1.54) is 16.9 Å². The molecule has 1 N–H and O–H groups in total. The molecule has 1 saturated heterocycles. The van der Waals surface area contributed by atoms with Crippen molar-refractivity contribution in [3.63, 3.8) is 0 Å². The van der Waals surface area contributed by atoms with E-state index in [0.717, 1.165) is 45.0 Å². The van der Waals surface area contributed by atoms with E-state index in [4.69, 9.17) is 0 Å². The molecule has 1 aliphatic heterocycles. The molecular formula is C19H27N5O. The van der Waals surface area contributed by atoms with Crippen LogP contribution in [0, 0.1) is 6.92 Å². The molecule has 134 valence electrons. The van der Waals surface area contributed by atoms with Crippen LogP contribution in [-0.4, -0.2) is 46.8 Å². The molecule has 0 spiro atoms. The Morgan fingerprint density at radius 2 is 1.88 bits per heavy atom. The van der Waals surface area contributed by atoms with Gasteiger partial charge in [0.05, 0.1) is 11.4 Å². The third-order valence-electron chi connectivity index (χ3n) is 4.78. The first-order valence-electron chi connectivity index (χ1n) is 8.83. The number of rotatable bonds is 5. The van der Waals surface area contributed by atoms with Crippen molar-refractivity contribution in [1.29, 1.82) is 0 Å². The normalized spacial score (nSPS) is 14.8. The first-order chi connectivity index (χ1) is 12.0. The lowest BCUT2D eigenvalue weighted by atomic mass is 10.1. The molecule has 25 heavy (non-hydrogen) atoms. The van der Waals surface area contributed by atoms with Gasteiger partial charge >= 0.3 is 0 Å². The van der Waals surface area contributed by atoms with Gasteiger partial charge in [-0.2, -0.15) is 5.10 Å². The van der Waals surface area contributed by atoms with Crippen molar-refractivity contribution < 1.29 is 4.79 Å². The summed E-state index contributed by atoms with van der Waals surface area (Å²) in [5, 5.41) is 7.91. The second-order valence-corrected chi connectivity index (χ2v) is 6.63. The van der Waals surface area contributed by atoms with Crippen LogP contribution in [0.25, 0.3) is 0 Å². The van der Waals surface area contributed by atoms with Crippen LogP contribution in [0.3, 0.4) is 0 Å². The Morgan fingerprint density at radius 1 is 1.16 bits per heavy atom. The van der Waals surface area contributed by atoms with Crippen LogP contribution in [-0.2, 0) is 24.9 Å². The highest BCUT2D eigenvalue weighted by Gasteiger charge is 2.20. The van der Waals surface area contributed by atoms with E-state index in [1.807, 2.05) is 23.6 Å². The number of amides is 1. The van der Waals surface area contributed by atoms with Crippen molar-refractivity contribution in [1.82, 2.24) is 20.0 Å². The zero-order chi connectivity index (χ0) is 17.8. The molecule has 0 saturated carbocycles. The maximum absolute atomic E-state index is 11.5. The molecule has 1 aromatic carbocycles. The van der Waals surface area contributed by atoms with Gasteiger partial charge in [0.1, 0.15) is 0 Å². The van der Waals surface area contributed by atoms with Crippen molar-refractivity contribution in [3.8, 4) is 0 Å². The van der Waals surface area contributed by atoms with Gasteiger partial charge in [0.25, 0.3) is 0 Å². The van der Waals surface area contributed by atoms with Gasteiger partial charge in [-0.15, -0.1) is 0 Å². The van der Waals surface area contributed by atoms with Gasteiger partial charge in [0.2, 0.25) is 5.91 Å². The van der Waals surface area contributed by atoms with Gasteiger partial charge in [-0.3, -0.25) is 9.48 Å². The third kappa shape index (κ3) is 4.20. The lowest BCUT2D eigenvalue weighted by Crippen LogP contribution is -2.48. The maximum Gasteiger partial charge on any atom is 0.219 e. The zero-order valence-electron chi connectivity index (χ0n) is 15.3. The Labute approximate surface area is 149 Å². The van der Waals surface area contributed by atoms with Crippen LogP contribution < -0.4 is 10.2 Å². The second-order valence-electron chi connectivity index (χ2n) is 6.63.